The van der Waals surface area contributed by atoms with E-state index >= 15 is 0 Å². The van der Waals surface area contributed by atoms with E-state index < -0.39 is 24.1 Å². The van der Waals surface area contributed by atoms with Crippen LogP contribution in [0.2, 0.25) is 0 Å². The second kappa shape index (κ2) is 7.39. The summed E-state index contributed by atoms with van der Waals surface area (Å²) in [6.45, 7) is -0.419. The number of hydrogen-bond acceptors (Lipinski definition) is 5. The van der Waals surface area contributed by atoms with E-state index in [4.69, 9.17) is 4.74 Å². The Morgan fingerprint density at radius 3 is 2.86 bits per heavy atom. The molecule has 2 aromatic carbocycles. The van der Waals surface area contributed by atoms with Gasteiger partial charge in [-0.1, -0.05) is 12.1 Å². The molecule has 4 rings (SSSR count). The van der Waals surface area contributed by atoms with Gasteiger partial charge in [0.2, 0.25) is 0 Å². The number of fused-ring (bicyclic) bond motifs is 1. The molecule has 9 heteroatoms. The van der Waals surface area contributed by atoms with Gasteiger partial charge in [-0.25, -0.2) is 8.78 Å². The number of halogens is 2. The normalized spacial score (nSPS) is 10.8. The molecule has 0 aliphatic heterocycles. The molecule has 7 nitrogen and oxygen atoms in total. The van der Waals surface area contributed by atoms with Crippen molar-refractivity contribution in [1.82, 2.24) is 19.8 Å². The molecule has 0 atom stereocenters. The maximum atomic E-state index is 13.5. The van der Waals surface area contributed by atoms with E-state index in [0.29, 0.717) is 23.1 Å². The first kappa shape index (κ1) is 17.5. The van der Waals surface area contributed by atoms with Crippen molar-refractivity contribution in [3.63, 3.8) is 0 Å². The number of hydrogen-bond donors (Lipinski definition) is 1. The fourth-order valence-electron chi connectivity index (χ4n) is 2.57. The summed E-state index contributed by atoms with van der Waals surface area (Å²) in [6, 6.07) is 13.5. The summed E-state index contributed by atoms with van der Waals surface area (Å²) in [5.41, 5.74) is 2.60. The summed E-state index contributed by atoms with van der Waals surface area (Å²) in [5, 5.41) is 14.7. The third kappa shape index (κ3) is 3.78. The van der Waals surface area contributed by atoms with Gasteiger partial charge in [-0.05, 0) is 36.4 Å². The van der Waals surface area contributed by atoms with Crippen LogP contribution >= 0.6 is 0 Å². The fraction of sp³-hybridized carbons (Fsp3) is 0.0526. The molecule has 4 aromatic rings. The van der Waals surface area contributed by atoms with Gasteiger partial charge >= 0.3 is 0 Å². The van der Waals surface area contributed by atoms with E-state index in [0.717, 1.165) is 17.7 Å². The zero-order valence-electron chi connectivity index (χ0n) is 14.3. The summed E-state index contributed by atoms with van der Waals surface area (Å²) in [4.78, 5) is 12.1. The van der Waals surface area contributed by atoms with Crippen molar-refractivity contribution in [3.05, 3.63) is 72.6 Å². The molecule has 0 spiro atoms. The fourth-order valence-corrected chi connectivity index (χ4v) is 2.57. The number of nitrogens with one attached hydrogen (secondary N) is 1. The Hall–Kier alpha value is -3.88. The van der Waals surface area contributed by atoms with Crippen molar-refractivity contribution < 1.29 is 18.3 Å². The minimum Gasteiger partial charge on any atom is -0.481 e. The van der Waals surface area contributed by atoms with Gasteiger partial charge in [-0.15, -0.1) is 10.2 Å². The van der Waals surface area contributed by atoms with Gasteiger partial charge < -0.3 is 10.1 Å². The maximum absolute atomic E-state index is 13.5. The first-order valence-corrected chi connectivity index (χ1v) is 8.24. The summed E-state index contributed by atoms with van der Waals surface area (Å²) in [6.07, 6.45) is 1.50. The lowest BCUT2D eigenvalue weighted by Crippen LogP contribution is -2.20. The Balaban J connectivity index is 1.44. The van der Waals surface area contributed by atoms with Crippen molar-refractivity contribution in [2.45, 2.75) is 0 Å². The predicted octanol–water partition coefficient (Wildman–Crippen LogP) is 3.09. The monoisotopic (exact) mass is 381 g/mol. The van der Waals surface area contributed by atoms with Gasteiger partial charge in [-0.3, -0.25) is 4.79 Å². The van der Waals surface area contributed by atoms with Crippen molar-refractivity contribution in [2.24, 2.45) is 0 Å². The molecule has 0 saturated carbocycles. The molecule has 0 bridgehead atoms. The standard InChI is InChI=1S/C19H13F2N5O2/c20-13-4-6-17(15(21)9-13)28-10-19(27)23-14-3-1-2-12(8-14)16-5-7-18-24-22-11-26(18)25-16/h1-9,11H,10H2,(H,23,27). The van der Waals surface area contributed by atoms with E-state index in [2.05, 4.69) is 20.6 Å². The third-order valence-electron chi connectivity index (χ3n) is 3.86. The van der Waals surface area contributed by atoms with Crippen LogP contribution in [0.4, 0.5) is 14.5 Å². The second-order valence-corrected chi connectivity index (χ2v) is 5.84. The minimum absolute atomic E-state index is 0.197. The largest absolute Gasteiger partial charge is 0.481 e. The highest BCUT2D eigenvalue weighted by atomic mass is 19.1. The van der Waals surface area contributed by atoms with Crippen molar-refractivity contribution in [3.8, 4) is 17.0 Å². The number of amides is 1. The second-order valence-electron chi connectivity index (χ2n) is 5.84. The van der Waals surface area contributed by atoms with E-state index in [1.807, 2.05) is 6.07 Å². The number of benzene rings is 2. The summed E-state index contributed by atoms with van der Waals surface area (Å²) in [7, 11) is 0. The molecule has 2 heterocycles. The van der Waals surface area contributed by atoms with Crippen molar-refractivity contribution in [2.75, 3.05) is 11.9 Å². The van der Waals surface area contributed by atoms with E-state index in [1.54, 1.807) is 34.8 Å². The first-order chi connectivity index (χ1) is 13.6. The third-order valence-corrected chi connectivity index (χ3v) is 3.86. The van der Waals surface area contributed by atoms with E-state index in [-0.39, 0.29) is 5.75 Å². The number of ether oxygens (including phenoxy) is 1. The lowest BCUT2D eigenvalue weighted by atomic mass is 10.1. The van der Waals surface area contributed by atoms with Gasteiger partial charge in [0.1, 0.15) is 12.1 Å². The average Bonchev–Trinajstić information content (AvgIpc) is 3.15. The van der Waals surface area contributed by atoms with Crippen LogP contribution in [0, 0.1) is 11.6 Å². The number of carbonyl (C=O) groups is 1. The lowest BCUT2D eigenvalue weighted by molar-refractivity contribution is -0.118. The molecule has 1 amide bonds. The molecule has 0 aliphatic carbocycles. The summed E-state index contributed by atoms with van der Waals surface area (Å²) >= 11 is 0. The summed E-state index contributed by atoms with van der Waals surface area (Å²) in [5.74, 6) is -2.27. The molecular weight excluding hydrogens is 368 g/mol. The van der Waals surface area contributed by atoms with Crippen LogP contribution in [0.3, 0.4) is 0 Å². The maximum Gasteiger partial charge on any atom is 0.262 e. The molecule has 2 aromatic heterocycles. The predicted molar refractivity (Wildman–Crippen MR) is 96.7 cm³/mol. The van der Waals surface area contributed by atoms with Crippen LogP contribution < -0.4 is 10.1 Å². The molecular formula is C19H13F2N5O2. The first-order valence-electron chi connectivity index (χ1n) is 8.24. The van der Waals surface area contributed by atoms with Crippen LogP contribution in [-0.4, -0.2) is 32.3 Å². The van der Waals surface area contributed by atoms with Gasteiger partial charge in [0, 0.05) is 17.3 Å². The van der Waals surface area contributed by atoms with Crippen LogP contribution in [0.25, 0.3) is 16.9 Å². The van der Waals surface area contributed by atoms with Crippen LogP contribution in [0.1, 0.15) is 0 Å². The lowest BCUT2D eigenvalue weighted by Gasteiger charge is -2.09. The highest BCUT2D eigenvalue weighted by Crippen LogP contribution is 2.21. The minimum atomic E-state index is -0.870. The molecule has 1 N–H and O–H groups in total. The Morgan fingerprint density at radius 1 is 1.11 bits per heavy atom. The number of anilines is 1. The van der Waals surface area contributed by atoms with Crippen LogP contribution in [-0.2, 0) is 4.79 Å². The number of aromatic nitrogens is 4. The number of carbonyl (C=O) groups excluding carboxylic acids is 1. The topological polar surface area (TPSA) is 81.4 Å². The van der Waals surface area contributed by atoms with Crippen molar-refractivity contribution >= 4 is 17.2 Å². The van der Waals surface area contributed by atoms with Crippen LogP contribution in [0.5, 0.6) is 5.75 Å². The van der Waals surface area contributed by atoms with E-state index in [9.17, 15) is 13.6 Å². The number of rotatable bonds is 5. The molecule has 0 aliphatic rings. The molecule has 0 saturated heterocycles. The highest BCUT2D eigenvalue weighted by molar-refractivity contribution is 5.92. The SMILES string of the molecule is O=C(COc1ccc(F)cc1F)Nc1cccc(-c2ccc3nncn3n2)c1. The Labute approximate surface area is 157 Å². The zero-order valence-corrected chi connectivity index (χ0v) is 14.3. The van der Waals surface area contributed by atoms with Gasteiger partial charge in [-0.2, -0.15) is 9.61 Å². The molecule has 28 heavy (non-hydrogen) atoms. The Morgan fingerprint density at radius 2 is 2.00 bits per heavy atom. The molecule has 140 valence electrons. The highest BCUT2D eigenvalue weighted by Gasteiger charge is 2.09. The number of nitrogens with zero attached hydrogens (tertiary/aromatic N) is 4. The van der Waals surface area contributed by atoms with Gasteiger partial charge in [0.15, 0.2) is 23.8 Å². The molecule has 0 radical (unpaired) electrons. The van der Waals surface area contributed by atoms with E-state index in [1.165, 1.54) is 6.33 Å². The average molecular weight is 381 g/mol. The quantitative estimate of drug-likeness (QED) is 0.575. The zero-order chi connectivity index (χ0) is 19.5. The Kier molecular flexibility index (Phi) is 4.63. The smallest absolute Gasteiger partial charge is 0.262 e. The molecule has 0 fully saturated rings. The molecule has 0 unspecified atom stereocenters. The van der Waals surface area contributed by atoms with Gasteiger partial charge in [0.05, 0.1) is 5.69 Å². The Bertz CT molecular complexity index is 1160. The van der Waals surface area contributed by atoms with Crippen LogP contribution in [0.15, 0.2) is 60.9 Å². The van der Waals surface area contributed by atoms with Gasteiger partial charge in [0.25, 0.3) is 5.91 Å². The summed E-state index contributed by atoms with van der Waals surface area (Å²) < 4.78 is 33.1. The van der Waals surface area contributed by atoms with Crippen molar-refractivity contribution in [1.29, 1.82) is 0 Å².